The van der Waals surface area contributed by atoms with Crippen molar-refractivity contribution in [2.24, 2.45) is 0 Å². The fourth-order valence-electron chi connectivity index (χ4n) is 1.91. The summed E-state index contributed by atoms with van der Waals surface area (Å²) in [6.07, 6.45) is 0. The van der Waals surface area contributed by atoms with Crippen LogP contribution in [0.1, 0.15) is 26.3 Å². The smallest absolute Gasteiger partial charge is 0.275 e. The molecule has 1 rings (SSSR count). The topological polar surface area (TPSA) is 66.6 Å². The van der Waals surface area contributed by atoms with Gasteiger partial charge in [0.15, 0.2) is 0 Å². The molecule has 0 aliphatic carbocycles. The van der Waals surface area contributed by atoms with E-state index in [1.165, 1.54) is 6.07 Å². The van der Waals surface area contributed by atoms with Crippen LogP contribution >= 0.6 is 11.6 Å². The molecule has 0 spiro atoms. The van der Waals surface area contributed by atoms with Crippen LogP contribution in [0.4, 0.5) is 5.69 Å². The van der Waals surface area contributed by atoms with Crippen LogP contribution in [0, 0.1) is 10.1 Å². The van der Waals surface area contributed by atoms with Gasteiger partial charge < -0.3 is 5.11 Å². The molecule has 1 N–H and O–H groups in total. The Bertz CT molecular complexity index is 458. The summed E-state index contributed by atoms with van der Waals surface area (Å²) in [6, 6.07) is 4.66. The van der Waals surface area contributed by atoms with Gasteiger partial charge >= 0.3 is 0 Å². The van der Waals surface area contributed by atoms with Crippen molar-refractivity contribution < 1.29 is 10.0 Å². The molecule has 0 amide bonds. The molecule has 0 atom stereocenters. The summed E-state index contributed by atoms with van der Waals surface area (Å²) in [4.78, 5) is 12.5. The highest BCUT2D eigenvalue weighted by molar-refractivity contribution is 6.30. The number of rotatable bonds is 6. The Kier molecular flexibility index (Phi) is 5.29. The zero-order chi connectivity index (χ0) is 14.6. The van der Waals surface area contributed by atoms with Crippen molar-refractivity contribution in [3.8, 4) is 0 Å². The van der Waals surface area contributed by atoms with E-state index in [0.717, 1.165) is 0 Å². The maximum absolute atomic E-state index is 11.0. The molecule has 1 aromatic rings. The molecule has 0 saturated carbocycles. The van der Waals surface area contributed by atoms with Gasteiger partial charge in [-0.3, -0.25) is 15.0 Å². The molecular formula is C13H19ClN2O3. The maximum Gasteiger partial charge on any atom is 0.275 e. The van der Waals surface area contributed by atoms with Crippen molar-refractivity contribution in [2.45, 2.75) is 32.9 Å². The number of likely N-dealkylation sites (N-methyl/N-ethyl adjacent to an activating group) is 1. The largest absolute Gasteiger partial charge is 0.389 e. The van der Waals surface area contributed by atoms with Crippen LogP contribution in [0.3, 0.4) is 0 Å². The molecule has 19 heavy (non-hydrogen) atoms. The summed E-state index contributed by atoms with van der Waals surface area (Å²) in [6.45, 7) is 6.94. The van der Waals surface area contributed by atoms with Gasteiger partial charge in [0.05, 0.1) is 10.5 Å². The number of hydrogen-bond acceptors (Lipinski definition) is 4. The van der Waals surface area contributed by atoms with E-state index in [1.807, 2.05) is 11.8 Å². The first-order valence-electron chi connectivity index (χ1n) is 6.10. The van der Waals surface area contributed by atoms with Gasteiger partial charge in [-0.2, -0.15) is 0 Å². The van der Waals surface area contributed by atoms with Gasteiger partial charge in [0.2, 0.25) is 0 Å². The van der Waals surface area contributed by atoms with E-state index < -0.39 is 10.5 Å². The highest BCUT2D eigenvalue weighted by Gasteiger charge is 2.21. The number of aliphatic hydroxyl groups is 1. The van der Waals surface area contributed by atoms with Gasteiger partial charge in [0, 0.05) is 29.7 Å². The third-order valence-electron chi connectivity index (χ3n) is 2.70. The minimum atomic E-state index is -0.836. The Labute approximate surface area is 117 Å². The van der Waals surface area contributed by atoms with Crippen LogP contribution in [-0.4, -0.2) is 33.6 Å². The fourth-order valence-corrected chi connectivity index (χ4v) is 2.07. The van der Waals surface area contributed by atoms with Gasteiger partial charge in [-0.25, -0.2) is 0 Å². The summed E-state index contributed by atoms with van der Waals surface area (Å²) >= 11 is 5.78. The molecule has 0 aromatic heterocycles. The van der Waals surface area contributed by atoms with Crippen LogP contribution in [-0.2, 0) is 6.54 Å². The van der Waals surface area contributed by atoms with Gasteiger partial charge in [0.1, 0.15) is 0 Å². The van der Waals surface area contributed by atoms with Crippen molar-refractivity contribution >= 4 is 17.3 Å². The Morgan fingerprint density at radius 2 is 2.11 bits per heavy atom. The van der Waals surface area contributed by atoms with E-state index in [2.05, 4.69) is 0 Å². The number of halogens is 1. The zero-order valence-corrected chi connectivity index (χ0v) is 12.1. The lowest BCUT2D eigenvalue weighted by atomic mass is 10.1. The number of benzene rings is 1. The average molecular weight is 287 g/mol. The van der Waals surface area contributed by atoms with Crippen LogP contribution < -0.4 is 0 Å². The second kappa shape index (κ2) is 6.32. The lowest BCUT2D eigenvalue weighted by molar-refractivity contribution is -0.385. The standard InChI is InChI=1S/C13H19ClN2O3/c1-4-15(9-13(2,3)17)8-10-5-6-11(14)7-12(10)16(18)19/h5-7,17H,4,8-9H2,1-3H3. The van der Waals surface area contributed by atoms with E-state index >= 15 is 0 Å². The van der Waals surface area contributed by atoms with E-state index in [9.17, 15) is 15.2 Å². The third-order valence-corrected chi connectivity index (χ3v) is 2.93. The van der Waals surface area contributed by atoms with Crippen molar-refractivity contribution in [3.05, 3.63) is 38.9 Å². The SMILES string of the molecule is CCN(Cc1ccc(Cl)cc1[N+](=O)[O-])CC(C)(C)O. The Morgan fingerprint density at radius 1 is 1.47 bits per heavy atom. The minimum absolute atomic E-state index is 0.0155. The van der Waals surface area contributed by atoms with Crippen molar-refractivity contribution in [1.82, 2.24) is 4.90 Å². The zero-order valence-electron chi connectivity index (χ0n) is 11.4. The average Bonchev–Trinajstić information content (AvgIpc) is 2.28. The summed E-state index contributed by atoms with van der Waals surface area (Å²) in [5.41, 5.74) is -0.223. The first-order chi connectivity index (χ1) is 8.73. The second-order valence-corrected chi connectivity index (χ2v) is 5.58. The first kappa shape index (κ1) is 15.9. The lowest BCUT2D eigenvalue weighted by Crippen LogP contribution is -2.38. The summed E-state index contributed by atoms with van der Waals surface area (Å²) in [7, 11) is 0. The van der Waals surface area contributed by atoms with E-state index in [4.69, 9.17) is 11.6 Å². The summed E-state index contributed by atoms with van der Waals surface area (Å²) in [5.74, 6) is 0. The predicted octanol–water partition coefficient (Wildman–Crippen LogP) is 2.84. The molecule has 0 aliphatic rings. The predicted molar refractivity (Wildman–Crippen MR) is 75.4 cm³/mol. The molecule has 0 bridgehead atoms. The highest BCUT2D eigenvalue weighted by Crippen LogP contribution is 2.24. The van der Waals surface area contributed by atoms with Gasteiger partial charge in [-0.05, 0) is 32.5 Å². The first-order valence-corrected chi connectivity index (χ1v) is 6.48. The molecule has 106 valence electrons. The summed E-state index contributed by atoms with van der Waals surface area (Å²) in [5, 5.41) is 21.2. The Hall–Kier alpha value is -1.17. The normalized spacial score (nSPS) is 11.9. The van der Waals surface area contributed by atoms with Crippen LogP contribution in [0.15, 0.2) is 18.2 Å². The Morgan fingerprint density at radius 3 is 2.58 bits per heavy atom. The minimum Gasteiger partial charge on any atom is -0.389 e. The molecule has 0 heterocycles. The molecule has 0 radical (unpaired) electrons. The molecule has 1 aromatic carbocycles. The van der Waals surface area contributed by atoms with Crippen LogP contribution in [0.2, 0.25) is 5.02 Å². The van der Waals surface area contributed by atoms with Gasteiger partial charge in [-0.1, -0.05) is 18.5 Å². The maximum atomic E-state index is 11.0. The lowest BCUT2D eigenvalue weighted by Gasteiger charge is -2.27. The molecular weight excluding hydrogens is 268 g/mol. The number of hydrogen-bond donors (Lipinski definition) is 1. The number of nitro groups is 1. The molecule has 0 fully saturated rings. The van der Waals surface area contributed by atoms with Crippen molar-refractivity contribution in [3.63, 3.8) is 0 Å². The monoisotopic (exact) mass is 286 g/mol. The van der Waals surface area contributed by atoms with Crippen molar-refractivity contribution in [1.29, 1.82) is 0 Å². The molecule has 0 aliphatic heterocycles. The highest BCUT2D eigenvalue weighted by atomic mass is 35.5. The second-order valence-electron chi connectivity index (χ2n) is 5.15. The van der Waals surface area contributed by atoms with Gasteiger partial charge in [-0.15, -0.1) is 0 Å². The quantitative estimate of drug-likeness (QED) is 0.645. The molecule has 5 nitrogen and oxygen atoms in total. The van der Waals surface area contributed by atoms with E-state index in [-0.39, 0.29) is 5.69 Å². The van der Waals surface area contributed by atoms with Crippen molar-refractivity contribution in [2.75, 3.05) is 13.1 Å². The fraction of sp³-hybridized carbons (Fsp3) is 0.538. The van der Waals surface area contributed by atoms with E-state index in [1.54, 1.807) is 26.0 Å². The number of nitro benzene ring substituents is 1. The molecule has 0 saturated heterocycles. The number of nitrogens with zero attached hydrogens (tertiary/aromatic N) is 2. The molecule has 0 unspecified atom stereocenters. The third kappa shape index (κ3) is 5.14. The van der Waals surface area contributed by atoms with Crippen LogP contribution in [0.25, 0.3) is 0 Å². The van der Waals surface area contributed by atoms with E-state index in [0.29, 0.717) is 30.2 Å². The molecule has 6 heteroatoms. The van der Waals surface area contributed by atoms with Crippen LogP contribution in [0.5, 0.6) is 0 Å². The summed E-state index contributed by atoms with van der Waals surface area (Å²) < 4.78 is 0. The Balaban J connectivity index is 2.94. The van der Waals surface area contributed by atoms with Gasteiger partial charge in [0.25, 0.3) is 5.69 Å².